The summed E-state index contributed by atoms with van der Waals surface area (Å²) in [4.78, 5) is 55.1. The number of ether oxygens (including phenoxy) is 2. The largest absolute Gasteiger partial charge is 0.383 e. The lowest BCUT2D eigenvalue weighted by molar-refractivity contribution is -0.136. The molecule has 3 heterocycles. The van der Waals surface area contributed by atoms with E-state index in [1.54, 1.807) is 18.2 Å². The highest BCUT2D eigenvalue weighted by Crippen LogP contribution is 2.29. The third-order valence-corrected chi connectivity index (χ3v) is 6.85. The summed E-state index contributed by atoms with van der Waals surface area (Å²) in [7, 11) is 0. The van der Waals surface area contributed by atoms with Crippen LogP contribution in [-0.2, 0) is 19.1 Å². The van der Waals surface area contributed by atoms with Crippen molar-refractivity contribution in [1.82, 2.24) is 20.0 Å². The third kappa shape index (κ3) is 6.90. The normalized spacial score (nSPS) is 20.9. The molecule has 0 radical (unpaired) electrons. The van der Waals surface area contributed by atoms with Gasteiger partial charge in [-0.2, -0.15) is 0 Å². The van der Waals surface area contributed by atoms with E-state index in [2.05, 4.69) is 20.4 Å². The number of carbonyl (C=O) groups is 4. The average Bonchev–Trinajstić information content (AvgIpc) is 3.14. The molecule has 1 unspecified atom stereocenters. The maximum atomic E-state index is 12.9. The standard InChI is InChI=1S/C25H36N6O6/c26-5-13-36-15-11-29-7-9-30(10-8-29)12-16-37-14-6-27-18-1-2-19-20(17-18)25(35)31(24(19)34)21-3-4-22(32)28-23(21)33/h1-2,17,21,27H,3-16,26H2,(H,28,32,33). The molecule has 37 heavy (non-hydrogen) atoms. The zero-order chi connectivity index (χ0) is 26.2. The fourth-order valence-electron chi connectivity index (χ4n) is 4.76. The molecule has 12 nitrogen and oxygen atoms in total. The fourth-order valence-corrected chi connectivity index (χ4v) is 4.76. The van der Waals surface area contributed by atoms with Crippen LogP contribution in [0, 0.1) is 0 Å². The lowest BCUT2D eigenvalue weighted by Gasteiger charge is -2.34. The summed E-state index contributed by atoms with van der Waals surface area (Å²) in [6.45, 7) is 9.46. The molecule has 4 N–H and O–H groups in total. The smallest absolute Gasteiger partial charge is 0.262 e. The maximum absolute atomic E-state index is 12.9. The first kappa shape index (κ1) is 27.1. The van der Waals surface area contributed by atoms with Crippen molar-refractivity contribution in [3.8, 4) is 0 Å². The first-order chi connectivity index (χ1) is 18.0. The van der Waals surface area contributed by atoms with Gasteiger partial charge in [-0.25, -0.2) is 0 Å². The Morgan fingerprint density at radius 2 is 1.54 bits per heavy atom. The number of fused-ring (bicyclic) bond motifs is 1. The molecule has 0 bridgehead atoms. The van der Waals surface area contributed by atoms with Crippen LogP contribution >= 0.6 is 0 Å². The Labute approximate surface area is 216 Å². The van der Waals surface area contributed by atoms with E-state index in [1.807, 2.05) is 0 Å². The molecule has 3 aliphatic heterocycles. The number of amides is 4. The summed E-state index contributed by atoms with van der Waals surface area (Å²) in [5, 5.41) is 5.42. The zero-order valence-corrected chi connectivity index (χ0v) is 21.1. The number of piperidine rings is 1. The second kappa shape index (κ2) is 13.1. The number of carbonyl (C=O) groups excluding carboxylic acids is 4. The SMILES string of the molecule is NCCOCCN1CCN(CCOCCNc2ccc3c(c2)C(=O)N(C2CCC(=O)NC2=O)C3=O)CC1. The topological polar surface area (TPSA) is 147 Å². The summed E-state index contributed by atoms with van der Waals surface area (Å²) in [6.07, 6.45) is 0.232. The predicted molar refractivity (Wildman–Crippen MR) is 135 cm³/mol. The van der Waals surface area contributed by atoms with Gasteiger partial charge in [0.15, 0.2) is 0 Å². The zero-order valence-electron chi connectivity index (χ0n) is 21.1. The van der Waals surface area contributed by atoms with Gasteiger partial charge in [0.25, 0.3) is 11.8 Å². The molecule has 4 rings (SSSR count). The van der Waals surface area contributed by atoms with Crippen LogP contribution < -0.4 is 16.4 Å². The number of imide groups is 2. The van der Waals surface area contributed by atoms with Crippen molar-refractivity contribution in [1.29, 1.82) is 0 Å². The number of nitrogens with zero attached hydrogens (tertiary/aromatic N) is 3. The number of rotatable bonds is 13. The minimum Gasteiger partial charge on any atom is -0.383 e. The summed E-state index contributed by atoms with van der Waals surface area (Å²) in [5.74, 6) is -2.03. The van der Waals surface area contributed by atoms with Gasteiger partial charge in [0, 0.05) is 64.5 Å². The second-order valence-electron chi connectivity index (χ2n) is 9.33. The van der Waals surface area contributed by atoms with E-state index in [-0.39, 0.29) is 24.0 Å². The van der Waals surface area contributed by atoms with Crippen LogP contribution in [0.2, 0.25) is 0 Å². The van der Waals surface area contributed by atoms with Gasteiger partial charge in [-0.1, -0.05) is 0 Å². The highest BCUT2D eigenvalue weighted by molar-refractivity contribution is 6.23. The first-order valence-corrected chi connectivity index (χ1v) is 12.9. The van der Waals surface area contributed by atoms with Crippen LogP contribution in [0.3, 0.4) is 0 Å². The molecule has 0 saturated carbocycles. The van der Waals surface area contributed by atoms with Crippen molar-refractivity contribution in [3.63, 3.8) is 0 Å². The van der Waals surface area contributed by atoms with Gasteiger partial charge in [0.2, 0.25) is 11.8 Å². The molecule has 12 heteroatoms. The molecule has 1 aromatic carbocycles. The molecule has 4 amide bonds. The molecular weight excluding hydrogens is 480 g/mol. The Hall–Kier alpha value is -2.90. The Bertz CT molecular complexity index is 996. The lowest BCUT2D eigenvalue weighted by atomic mass is 10.0. The predicted octanol–water partition coefficient (Wildman–Crippen LogP) is -0.891. The van der Waals surface area contributed by atoms with Gasteiger partial charge >= 0.3 is 0 Å². The Kier molecular flexibility index (Phi) is 9.58. The number of hydrogen-bond donors (Lipinski definition) is 3. The van der Waals surface area contributed by atoms with Crippen LogP contribution in [0.1, 0.15) is 33.6 Å². The molecule has 3 aliphatic rings. The minimum absolute atomic E-state index is 0.0951. The monoisotopic (exact) mass is 516 g/mol. The van der Waals surface area contributed by atoms with Gasteiger partial charge in [-0.05, 0) is 24.6 Å². The number of nitrogens with two attached hydrogens (primary N) is 1. The Balaban J connectivity index is 1.14. The second-order valence-corrected chi connectivity index (χ2v) is 9.33. The van der Waals surface area contributed by atoms with Crippen molar-refractivity contribution >= 4 is 29.3 Å². The van der Waals surface area contributed by atoms with Gasteiger partial charge < -0.3 is 20.5 Å². The molecular formula is C25H36N6O6. The van der Waals surface area contributed by atoms with Crippen molar-refractivity contribution in [2.24, 2.45) is 5.73 Å². The average molecular weight is 517 g/mol. The van der Waals surface area contributed by atoms with Gasteiger partial charge in [0.05, 0.1) is 37.6 Å². The van der Waals surface area contributed by atoms with E-state index < -0.39 is 29.7 Å². The third-order valence-electron chi connectivity index (χ3n) is 6.85. The van der Waals surface area contributed by atoms with Crippen LogP contribution in [0.4, 0.5) is 5.69 Å². The molecule has 1 atom stereocenters. The Morgan fingerprint density at radius 3 is 2.19 bits per heavy atom. The number of nitrogens with one attached hydrogen (secondary N) is 2. The number of anilines is 1. The van der Waals surface area contributed by atoms with Crippen molar-refractivity contribution in [2.45, 2.75) is 18.9 Å². The van der Waals surface area contributed by atoms with Crippen LogP contribution in [-0.4, -0.2) is 123 Å². The van der Waals surface area contributed by atoms with Crippen molar-refractivity contribution in [3.05, 3.63) is 29.3 Å². The summed E-state index contributed by atoms with van der Waals surface area (Å²) >= 11 is 0. The van der Waals surface area contributed by atoms with Crippen LogP contribution in [0.15, 0.2) is 18.2 Å². The first-order valence-electron chi connectivity index (χ1n) is 12.9. The Morgan fingerprint density at radius 1 is 0.892 bits per heavy atom. The molecule has 2 fully saturated rings. The van der Waals surface area contributed by atoms with Crippen LogP contribution in [0.25, 0.3) is 0 Å². The van der Waals surface area contributed by atoms with E-state index >= 15 is 0 Å². The summed E-state index contributed by atoms with van der Waals surface area (Å²) in [5.41, 5.74) is 6.64. The molecule has 2 saturated heterocycles. The van der Waals surface area contributed by atoms with Gasteiger partial charge in [-0.3, -0.25) is 39.2 Å². The molecule has 0 aliphatic carbocycles. The van der Waals surface area contributed by atoms with Gasteiger partial charge in [-0.15, -0.1) is 0 Å². The number of benzene rings is 1. The summed E-state index contributed by atoms with van der Waals surface area (Å²) < 4.78 is 11.2. The minimum atomic E-state index is -0.965. The molecule has 0 aromatic heterocycles. The molecule has 202 valence electrons. The highest BCUT2D eigenvalue weighted by Gasteiger charge is 2.44. The van der Waals surface area contributed by atoms with E-state index in [4.69, 9.17) is 15.2 Å². The summed E-state index contributed by atoms with van der Waals surface area (Å²) in [6, 6.07) is 3.99. The number of hydrogen-bond acceptors (Lipinski definition) is 10. The van der Waals surface area contributed by atoms with Crippen molar-refractivity contribution in [2.75, 3.05) is 84.1 Å². The van der Waals surface area contributed by atoms with Crippen LogP contribution in [0.5, 0.6) is 0 Å². The van der Waals surface area contributed by atoms with Gasteiger partial charge in [0.1, 0.15) is 6.04 Å². The quantitative estimate of drug-likeness (QED) is 0.223. The number of piperazine rings is 1. The van der Waals surface area contributed by atoms with Crippen molar-refractivity contribution < 1.29 is 28.7 Å². The maximum Gasteiger partial charge on any atom is 0.262 e. The molecule has 0 spiro atoms. The highest BCUT2D eigenvalue weighted by atomic mass is 16.5. The van der Waals surface area contributed by atoms with E-state index in [0.29, 0.717) is 38.6 Å². The lowest BCUT2D eigenvalue weighted by Crippen LogP contribution is -2.54. The van der Waals surface area contributed by atoms with E-state index in [9.17, 15) is 19.2 Å². The molecule has 1 aromatic rings. The van der Waals surface area contributed by atoms with E-state index in [0.717, 1.165) is 50.8 Å². The fraction of sp³-hybridized carbons (Fsp3) is 0.600. The van der Waals surface area contributed by atoms with E-state index in [1.165, 1.54) is 0 Å².